The van der Waals surface area contributed by atoms with Crippen molar-refractivity contribution < 1.29 is 27.0 Å². The molecule has 0 spiro atoms. The van der Waals surface area contributed by atoms with E-state index in [4.69, 9.17) is 14.2 Å². The summed E-state index contributed by atoms with van der Waals surface area (Å²) >= 11 is 0.893. The van der Waals surface area contributed by atoms with Crippen molar-refractivity contribution in [3.63, 3.8) is 0 Å². The van der Waals surface area contributed by atoms with E-state index in [2.05, 4.69) is 14.3 Å². The van der Waals surface area contributed by atoms with Gasteiger partial charge in [0.15, 0.2) is 0 Å². The van der Waals surface area contributed by atoms with Gasteiger partial charge in [0.05, 0.1) is 27.4 Å². The Hall–Kier alpha value is -3.74. The average Bonchev–Trinajstić information content (AvgIpc) is 3.50. The van der Waals surface area contributed by atoms with Gasteiger partial charge in [0.1, 0.15) is 34.3 Å². The Kier molecular flexibility index (Phi) is 8.19. The Labute approximate surface area is 237 Å². The van der Waals surface area contributed by atoms with Gasteiger partial charge in [-0.05, 0) is 30.8 Å². The van der Waals surface area contributed by atoms with Crippen LogP contribution in [0.3, 0.4) is 0 Å². The molecule has 1 atom stereocenters. The Morgan fingerprint density at radius 2 is 1.88 bits per heavy atom. The highest BCUT2D eigenvalue weighted by atomic mass is 32.2. The molecule has 5 rings (SSSR count). The lowest BCUT2D eigenvalue weighted by atomic mass is 9.98. The second-order valence-corrected chi connectivity index (χ2v) is 11.9. The predicted molar refractivity (Wildman–Crippen MR) is 150 cm³/mol. The highest BCUT2D eigenvalue weighted by molar-refractivity contribution is 7.93. The molecule has 0 saturated heterocycles. The van der Waals surface area contributed by atoms with Crippen LogP contribution in [0.15, 0.2) is 71.9 Å². The zero-order valence-corrected chi connectivity index (χ0v) is 23.9. The summed E-state index contributed by atoms with van der Waals surface area (Å²) in [5.74, 6) is 0.451. The van der Waals surface area contributed by atoms with Gasteiger partial charge >= 0.3 is 0 Å². The second-order valence-electron chi connectivity index (χ2n) is 9.29. The summed E-state index contributed by atoms with van der Waals surface area (Å²) < 4.78 is 65.4. The van der Waals surface area contributed by atoms with E-state index in [9.17, 15) is 8.42 Å². The summed E-state index contributed by atoms with van der Waals surface area (Å²) in [4.78, 5) is 5.73. The second kappa shape index (κ2) is 11.8. The van der Waals surface area contributed by atoms with Crippen molar-refractivity contribution in [2.24, 2.45) is 0 Å². The third-order valence-electron chi connectivity index (χ3n) is 6.82. The van der Waals surface area contributed by atoms with E-state index in [0.717, 1.165) is 21.4 Å². The van der Waals surface area contributed by atoms with Crippen LogP contribution in [0.25, 0.3) is 0 Å². The van der Waals surface area contributed by atoms with Gasteiger partial charge in [-0.25, -0.2) is 22.1 Å². The summed E-state index contributed by atoms with van der Waals surface area (Å²) in [6.07, 6.45) is 1.91. The SMILES string of the molecule is COc1ccc(CN(c2ncns2)S(=O)(=O)c2cc3c(cc2F)C(N(C)Cc2ccccc2)CCO3)c(OC)c1. The molecule has 1 unspecified atom stereocenters. The number of hydrogen-bond acceptors (Lipinski definition) is 9. The standard InChI is InChI=1S/C28H29FN4O5S2/c1-32(16-19-7-5-4-6-8-19)24-11-12-38-26-15-27(23(29)14-22(24)26)40(34,35)33(28-30-18-31-39-28)17-20-9-10-21(36-2)13-25(20)37-3/h4-10,13-15,18,24H,11-12,16-17H2,1-3H3. The molecule has 4 aromatic rings. The lowest BCUT2D eigenvalue weighted by molar-refractivity contribution is 0.160. The minimum absolute atomic E-state index is 0.0939. The Bertz CT molecular complexity index is 1570. The number of methoxy groups -OCH3 is 2. The molecular formula is C28H29FN4O5S2. The van der Waals surface area contributed by atoms with Crippen molar-refractivity contribution in [3.8, 4) is 17.2 Å². The normalized spacial score (nSPS) is 14.9. The monoisotopic (exact) mass is 584 g/mol. The maximum Gasteiger partial charge on any atom is 0.269 e. The number of anilines is 1. The number of nitrogens with zero attached hydrogens (tertiary/aromatic N) is 4. The zero-order chi connectivity index (χ0) is 28.3. The van der Waals surface area contributed by atoms with Gasteiger partial charge in [-0.2, -0.15) is 4.37 Å². The van der Waals surface area contributed by atoms with E-state index in [1.165, 1.54) is 32.7 Å². The molecule has 0 aliphatic carbocycles. The van der Waals surface area contributed by atoms with Crippen LogP contribution in [0.4, 0.5) is 9.52 Å². The minimum atomic E-state index is -4.43. The first-order chi connectivity index (χ1) is 19.3. The molecular weight excluding hydrogens is 555 g/mol. The predicted octanol–water partition coefficient (Wildman–Crippen LogP) is 5.05. The molecule has 40 heavy (non-hydrogen) atoms. The van der Waals surface area contributed by atoms with E-state index in [0.29, 0.717) is 47.9 Å². The van der Waals surface area contributed by atoms with E-state index < -0.39 is 20.7 Å². The zero-order valence-electron chi connectivity index (χ0n) is 22.3. The Morgan fingerprint density at radius 3 is 2.58 bits per heavy atom. The highest BCUT2D eigenvalue weighted by Gasteiger charge is 2.34. The van der Waals surface area contributed by atoms with E-state index in [1.54, 1.807) is 18.2 Å². The lowest BCUT2D eigenvalue weighted by Gasteiger charge is -2.34. The molecule has 210 valence electrons. The number of sulfonamides is 1. The molecule has 0 N–H and O–H groups in total. The van der Waals surface area contributed by atoms with Crippen molar-refractivity contribution in [2.75, 3.05) is 32.2 Å². The van der Waals surface area contributed by atoms with Gasteiger partial charge < -0.3 is 14.2 Å². The molecule has 0 bridgehead atoms. The number of aromatic nitrogens is 2. The first-order valence-corrected chi connectivity index (χ1v) is 14.7. The van der Waals surface area contributed by atoms with Crippen LogP contribution >= 0.6 is 11.5 Å². The van der Waals surface area contributed by atoms with Gasteiger partial charge in [0, 0.05) is 53.8 Å². The third kappa shape index (κ3) is 5.60. The first-order valence-electron chi connectivity index (χ1n) is 12.5. The lowest BCUT2D eigenvalue weighted by Crippen LogP contribution is -2.32. The smallest absolute Gasteiger partial charge is 0.269 e. The van der Waals surface area contributed by atoms with Crippen LogP contribution in [0.1, 0.15) is 29.2 Å². The highest BCUT2D eigenvalue weighted by Crippen LogP contribution is 2.40. The van der Waals surface area contributed by atoms with Crippen LogP contribution in [0.5, 0.6) is 17.2 Å². The summed E-state index contributed by atoms with van der Waals surface area (Å²) in [5, 5.41) is 0.0939. The summed E-state index contributed by atoms with van der Waals surface area (Å²) in [5.41, 5.74) is 2.28. The number of ether oxygens (including phenoxy) is 3. The number of halogens is 1. The fourth-order valence-electron chi connectivity index (χ4n) is 4.80. The average molecular weight is 585 g/mol. The fraction of sp³-hybridized carbons (Fsp3) is 0.286. The summed E-state index contributed by atoms with van der Waals surface area (Å²) in [7, 11) is 0.545. The molecule has 9 nitrogen and oxygen atoms in total. The van der Waals surface area contributed by atoms with Crippen molar-refractivity contribution in [3.05, 3.63) is 89.5 Å². The molecule has 0 radical (unpaired) electrons. The number of benzene rings is 3. The summed E-state index contributed by atoms with van der Waals surface area (Å²) in [6.45, 7) is 0.872. The topological polar surface area (TPSA) is 94.1 Å². The fourth-order valence-corrected chi connectivity index (χ4v) is 6.99. The molecule has 1 aromatic heterocycles. The van der Waals surface area contributed by atoms with Gasteiger partial charge in [-0.15, -0.1) is 0 Å². The maximum absolute atomic E-state index is 15.8. The van der Waals surface area contributed by atoms with E-state index in [1.807, 2.05) is 37.4 Å². The Morgan fingerprint density at radius 1 is 1.07 bits per heavy atom. The molecule has 0 amide bonds. The van der Waals surface area contributed by atoms with Crippen LogP contribution in [0, 0.1) is 5.82 Å². The first kappa shape index (κ1) is 27.8. The Balaban J connectivity index is 1.50. The molecule has 2 heterocycles. The van der Waals surface area contributed by atoms with Gasteiger partial charge in [-0.1, -0.05) is 30.3 Å². The van der Waals surface area contributed by atoms with E-state index in [-0.39, 0.29) is 17.7 Å². The van der Waals surface area contributed by atoms with Crippen LogP contribution in [-0.2, 0) is 23.1 Å². The number of hydrogen-bond donors (Lipinski definition) is 0. The minimum Gasteiger partial charge on any atom is -0.497 e. The molecule has 0 fully saturated rings. The largest absolute Gasteiger partial charge is 0.497 e. The molecule has 12 heteroatoms. The van der Waals surface area contributed by atoms with Gasteiger partial charge in [0.25, 0.3) is 10.0 Å². The van der Waals surface area contributed by atoms with Crippen LogP contribution in [-0.4, -0.2) is 50.5 Å². The van der Waals surface area contributed by atoms with Crippen LogP contribution in [0.2, 0.25) is 0 Å². The number of fused-ring (bicyclic) bond motifs is 1. The van der Waals surface area contributed by atoms with Crippen molar-refractivity contribution in [2.45, 2.75) is 30.4 Å². The number of rotatable bonds is 10. The van der Waals surface area contributed by atoms with Crippen molar-refractivity contribution in [1.29, 1.82) is 0 Å². The van der Waals surface area contributed by atoms with Gasteiger partial charge in [0.2, 0.25) is 5.13 Å². The summed E-state index contributed by atoms with van der Waals surface area (Å²) in [6, 6.07) is 17.4. The molecule has 0 saturated carbocycles. The third-order valence-corrected chi connectivity index (χ3v) is 9.37. The molecule has 3 aromatic carbocycles. The van der Waals surface area contributed by atoms with Crippen LogP contribution < -0.4 is 18.5 Å². The van der Waals surface area contributed by atoms with E-state index >= 15 is 4.39 Å². The van der Waals surface area contributed by atoms with Gasteiger partial charge in [-0.3, -0.25) is 4.90 Å². The van der Waals surface area contributed by atoms with Crippen molar-refractivity contribution in [1.82, 2.24) is 14.3 Å². The maximum atomic E-state index is 15.8. The molecule has 1 aliphatic rings. The van der Waals surface area contributed by atoms with Crippen molar-refractivity contribution >= 4 is 26.7 Å². The molecule has 1 aliphatic heterocycles. The quantitative estimate of drug-likeness (QED) is 0.256.